The van der Waals surface area contributed by atoms with Crippen LogP contribution in [0.2, 0.25) is 0 Å². The number of ether oxygens (including phenoxy) is 2. The summed E-state index contributed by atoms with van der Waals surface area (Å²) < 4.78 is 9.35. The van der Waals surface area contributed by atoms with Gasteiger partial charge in [0.1, 0.15) is 6.10 Å². The highest BCUT2D eigenvalue weighted by molar-refractivity contribution is 6.01. The summed E-state index contributed by atoms with van der Waals surface area (Å²) in [6.45, 7) is 9.67. The maximum atomic E-state index is 11.3. The van der Waals surface area contributed by atoms with E-state index in [2.05, 4.69) is 17.9 Å². The minimum atomic E-state index is -1.23. The first kappa shape index (κ1) is 24.5. The standard InChI is InChI=1S/C11H16O5.C8H6O4/c1-5-9(7(3)12)16-11(14)8(4)15-10(13)6-2;9-7(10)5-3-1-2-4-6(5)8(11)12/h6-7,9,12H,2,4-5H2,1,3H3;1-4H,(H,9,10)(H,11,12). The Kier molecular flexibility index (Phi) is 10.5. The summed E-state index contributed by atoms with van der Waals surface area (Å²) in [6.07, 6.45) is -0.0835. The molecule has 0 fully saturated rings. The molecule has 1 rings (SSSR count). The van der Waals surface area contributed by atoms with Crippen molar-refractivity contribution in [2.45, 2.75) is 32.5 Å². The minimum Gasteiger partial charge on any atom is -0.478 e. The smallest absolute Gasteiger partial charge is 0.374 e. The molecule has 1 aromatic carbocycles. The molecule has 0 bridgehead atoms. The molecule has 28 heavy (non-hydrogen) atoms. The Balaban J connectivity index is 0.000000540. The molecule has 0 saturated heterocycles. The van der Waals surface area contributed by atoms with Crippen molar-refractivity contribution in [3.8, 4) is 0 Å². The molecule has 0 amide bonds. The van der Waals surface area contributed by atoms with Gasteiger partial charge in [-0.15, -0.1) is 0 Å². The lowest BCUT2D eigenvalue weighted by Gasteiger charge is -2.18. The number of hydrogen-bond donors (Lipinski definition) is 3. The molecular formula is C19H22O9. The number of aromatic carboxylic acids is 2. The van der Waals surface area contributed by atoms with Crippen LogP contribution in [0.1, 0.15) is 41.0 Å². The van der Waals surface area contributed by atoms with Gasteiger partial charge in [-0.2, -0.15) is 0 Å². The SMILES string of the molecule is C=CC(=O)OC(=C)C(=O)OC(CC)C(C)O.O=C(O)c1ccccc1C(=O)O. The van der Waals surface area contributed by atoms with E-state index in [1.165, 1.54) is 31.2 Å². The summed E-state index contributed by atoms with van der Waals surface area (Å²) in [7, 11) is 0. The zero-order chi connectivity index (χ0) is 21.9. The van der Waals surface area contributed by atoms with Gasteiger partial charge in [0, 0.05) is 6.08 Å². The van der Waals surface area contributed by atoms with Crippen molar-refractivity contribution in [1.29, 1.82) is 0 Å². The molecule has 0 radical (unpaired) electrons. The molecule has 2 unspecified atom stereocenters. The van der Waals surface area contributed by atoms with Crippen molar-refractivity contribution in [3.63, 3.8) is 0 Å². The van der Waals surface area contributed by atoms with Crippen LogP contribution >= 0.6 is 0 Å². The number of rotatable bonds is 8. The molecule has 0 spiro atoms. The van der Waals surface area contributed by atoms with Crippen LogP contribution in [0.25, 0.3) is 0 Å². The van der Waals surface area contributed by atoms with Crippen LogP contribution in [-0.2, 0) is 19.1 Å². The molecule has 2 atom stereocenters. The topological polar surface area (TPSA) is 147 Å². The number of esters is 2. The van der Waals surface area contributed by atoms with E-state index in [9.17, 15) is 24.3 Å². The third-order valence-corrected chi connectivity index (χ3v) is 3.20. The molecule has 0 heterocycles. The van der Waals surface area contributed by atoms with E-state index in [0.29, 0.717) is 6.42 Å². The summed E-state index contributed by atoms with van der Waals surface area (Å²) in [5.41, 5.74) is -0.380. The maximum Gasteiger partial charge on any atom is 0.374 e. The van der Waals surface area contributed by atoms with E-state index in [4.69, 9.17) is 14.9 Å². The van der Waals surface area contributed by atoms with Crippen molar-refractivity contribution in [2.75, 3.05) is 0 Å². The molecule has 3 N–H and O–H groups in total. The van der Waals surface area contributed by atoms with Crippen LogP contribution in [0.3, 0.4) is 0 Å². The number of carbonyl (C=O) groups is 4. The van der Waals surface area contributed by atoms with Gasteiger partial charge in [0.15, 0.2) is 0 Å². The third kappa shape index (κ3) is 8.28. The molecular weight excluding hydrogens is 372 g/mol. The van der Waals surface area contributed by atoms with Gasteiger partial charge < -0.3 is 24.8 Å². The molecule has 0 saturated carbocycles. The van der Waals surface area contributed by atoms with Crippen LogP contribution in [0, 0.1) is 0 Å². The summed E-state index contributed by atoms with van der Waals surface area (Å²) in [5.74, 6) is -4.54. The predicted molar refractivity (Wildman–Crippen MR) is 97.6 cm³/mol. The maximum absolute atomic E-state index is 11.3. The van der Waals surface area contributed by atoms with E-state index in [1.54, 1.807) is 6.92 Å². The largest absolute Gasteiger partial charge is 0.478 e. The molecule has 152 valence electrons. The Morgan fingerprint density at radius 3 is 1.89 bits per heavy atom. The Morgan fingerprint density at radius 1 is 1.11 bits per heavy atom. The number of aliphatic hydroxyl groups is 1. The van der Waals surface area contributed by atoms with Crippen LogP contribution in [0.5, 0.6) is 0 Å². The van der Waals surface area contributed by atoms with Crippen molar-refractivity contribution in [3.05, 3.63) is 60.4 Å². The fraction of sp³-hybridized carbons (Fsp3) is 0.263. The highest BCUT2D eigenvalue weighted by atomic mass is 16.6. The van der Waals surface area contributed by atoms with Crippen molar-refractivity contribution >= 4 is 23.9 Å². The van der Waals surface area contributed by atoms with Crippen molar-refractivity contribution < 1.29 is 44.0 Å². The first-order valence-corrected chi connectivity index (χ1v) is 8.02. The summed E-state index contributed by atoms with van der Waals surface area (Å²) in [4.78, 5) is 43.0. The number of aliphatic hydroxyl groups excluding tert-OH is 1. The fourth-order valence-corrected chi connectivity index (χ4v) is 1.79. The molecule has 1 aromatic rings. The lowest BCUT2D eigenvalue weighted by atomic mass is 10.1. The van der Waals surface area contributed by atoms with Crippen LogP contribution in [0.15, 0.2) is 49.3 Å². The number of benzene rings is 1. The molecule has 9 heteroatoms. The van der Waals surface area contributed by atoms with E-state index in [-0.39, 0.29) is 11.1 Å². The number of carbonyl (C=O) groups excluding carboxylic acids is 2. The van der Waals surface area contributed by atoms with Gasteiger partial charge >= 0.3 is 23.9 Å². The van der Waals surface area contributed by atoms with Crippen LogP contribution < -0.4 is 0 Å². The van der Waals surface area contributed by atoms with E-state index in [1.807, 2.05) is 0 Å². The molecule has 0 aromatic heterocycles. The van der Waals surface area contributed by atoms with Crippen LogP contribution in [0.4, 0.5) is 0 Å². The lowest BCUT2D eigenvalue weighted by molar-refractivity contribution is -0.157. The fourth-order valence-electron chi connectivity index (χ4n) is 1.79. The van der Waals surface area contributed by atoms with Gasteiger partial charge in [-0.3, -0.25) is 0 Å². The quantitative estimate of drug-likeness (QED) is 0.342. The minimum absolute atomic E-state index is 0.190. The normalized spacial score (nSPS) is 11.7. The summed E-state index contributed by atoms with van der Waals surface area (Å²) in [5, 5.41) is 26.3. The second kappa shape index (κ2) is 12.0. The predicted octanol–water partition coefficient (Wildman–Crippen LogP) is 2.01. The average molecular weight is 394 g/mol. The zero-order valence-electron chi connectivity index (χ0n) is 15.5. The second-order valence-electron chi connectivity index (χ2n) is 5.30. The first-order valence-electron chi connectivity index (χ1n) is 8.02. The Hall–Kier alpha value is -3.46. The zero-order valence-corrected chi connectivity index (χ0v) is 15.5. The second-order valence-corrected chi connectivity index (χ2v) is 5.30. The van der Waals surface area contributed by atoms with Gasteiger partial charge in [-0.05, 0) is 32.1 Å². The van der Waals surface area contributed by atoms with Gasteiger partial charge in [0.2, 0.25) is 5.76 Å². The van der Waals surface area contributed by atoms with Crippen molar-refractivity contribution in [1.82, 2.24) is 0 Å². The molecule has 0 aliphatic heterocycles. The lowest BCUT2D eigenvalue weighted by Crippen LogP contribution is -2.29. The molecule has 0 aliphatic carbocycles. The van der Waals surface area contributed by atoms with E-state index < -0.39 is 41.8 Å². The van der Waals surface area contributed by atoms with Crippen molar-refractivity contribution in [2.24, 2.45) is 0 Å². The van der Waals surface area contributed by atoms with Gasteiger partial charge in [-0.1, -0.05) is 25.6 Å². The highest BCUT2D eigenvalue weighted by Gasteiger charge is 2.21. The van der Waals surface area contributed by atoms with Crippen LogP contribution in [-0.4, -0.2) is 51.4 Å². The molecule has 0 aliphatic rings. The van der Waals surface area contributed by atoms with Gasteiger partial charge in [0.05, 0.1) is 17.2 Å². The summed E-state index contributed by atoms with van der Waals surface area (Å²) >= 11 is 0. The van der Waals surface area contributed by atoms with E-state index in [0.717, 1.165) is 6.08 Å². The monoisotopic (exact) mass is 394 g/mol. The average Bonchev–Trinajstić information content (AvgIpc) is 2.65. The van der Waals surface area contributed by atoms with E-state index >= 15 is 0 Å². The molecule has 9 nitrogen and oxygen atoms in total. The number of carboxylic acid groups (broad SMARTS) is 2. The third-order valence-electron chi connectivity index (χ3n) is 3.20. The van der Waals surface area contributed by atoms with Gasteiger partial charge in [-0.25, -0.2) is 19.2 Å². The number of carboxylic acids is 2. The highest BCUT2D eigenvalue weighted by Crippen LogP contribution is 2.09. The number of hydrogen-bond acceptors (Lipinski definition) is 7. The Labute approximate surface area is 161 Å². The summed E-state index contributed by atoms with van der Waals surface area (Å²) in [6, 6.07) is 5.48. The Morgan fingerprint density at radius 2 is 1.57 bits per heavy atom. The Bertz CT molecular complexity index is 717. The first-order chi connectivity index (χ1) is 13.0. The van der Waals surface area contributed by atoms with Gasteiger partial charge in [0.25, 0.3) is 0 Å².